The summed E-state index contributed by atoms with van der Waals surface area (Å²) in [6.45, 7) is 2.08. The third kappa shape index (κ3) is 6.06. The number of methoxy groups -OCH3 is 1. The van der Waals surface area contributed by atoms with E-state index in [4.69, 9.17) is 9.84 Å². The number of aliphatic hydroxyl groups is 1. The molecule has 0 amide bonds. The Morgan fingerprint density at radius 3 is 2.48 bits per heavy atom. The van der Waals surface area contributed by atoms with E-state index in [9.17, 15) is 9.59 Å². The van der Waals surface area contributed by atoms with E-state index in [0.29, 0.717) is 6.61 Å². The van der Waals surface area contributed by atoms with Gasteiger partial charge in [-0.2, -0.15) is 0 Å². The van der Waals surface area contributed by atoms with Crippen molar-refractivity contribution in [2.45, 2.75) is 20.0 Å². The Balaban J connectivity index is 2.35. The highest BCUT2D eigenvalue weighted by atomic mass is 16.5. The van der Waals surface area contributed by atoms with Gasteiger partial charge in [-0.1, -0.05) is 37.3 Å². The smallest absolute Gasteiger partial charge is 0.311 e. The number of rotatable bonds is 9. The van der Waals surface area contributed by atoms with E-state index >= 15 is 0 Å². The minimum atomic E-state index is -0.793. The van der Waals surface area contributed by atoms with Crippen LogP contribution in [0, 0.1) is 11.8 Å². The zero-order valence-electron chi connectivity index (χ0n) is 12.5. The van der Waals surface area contributed by atoms with Crippen LogP contribution in [0.2, 0.25) is 0 Å². The summed E-state index contributed by atoms with van der Waals surface area (Å²) in [5, 5.41) is 9.10. The molecule has 0 saturated carbocycles. The minimum Gasteiger partial charge on any atom is -0.469 e. The summed E-state index contributed by atoms with van der Waals surface area (Å²) in [6.07, 6.45) is -0.0287. The molecule has 5 heteroatoms. The first kappa shape index (κ1) is 17.3. The molecule has 0 aromatic heterocycles. The molecule has 1 aromatic carbocycles. The molecule has 5 nitrogen and oxygen atoms in total. The largest absolute Gasteiger partial charge is 0.469 e. The molecule has 1 aromatic rings. The summed E-state index contributed by atoms with van der Waals surface area (Å²) < 4.78 is 10.0. The molecule has 0 spiro atoms. The second-order valence-electron chi connectivity index (χ2n) is 4.97. The van der Waals surface area contributed by atoms with E-state index < -0.39 is 18.5 Å². The standard InChI is InChI=1S/C16H22O5/c1-12(10-21-11-13-6-4-3-5-7-13)15(18)8-14(9-17)16(19)20-2/h3-7,12,14,17H,8-11H2,1-2H3. The number of carbonyl (C=O) groups is 2. The summed E-state index contributed by atoms with van der Waals surface area (Å²) in [5.74, 6) is -1.80. The Bertz CT molecular complexity index is 443. The number of aliphatic hydroxyl groups excluding tert-OH is 1. The molecule has 2 atom stereocenters. The fourth-order valence-corrected chi connectivity index (χ4v) is 1.85. The number of carbonyl (C=O) groups excluding carboxylic acids is 2. The molecular formula is C16H22O5. The average molecular weight is 294 g/mol. The Morgan fingerprint density at radius 2 is 1.90 bits per heavy atom. The van der Waals surface area contributed by atoms with E-state index in [0.717, 1.165) is 5.56 Å². The van der Waals surface area contributed by atoms with E-state index in [1.807, 2.05) is 30.3 Å². The van der Waals surface area contributed by atoms with Gasteiger partial charge in [0.25, 0.3) is 0 Å². The highest BCUT2D eigenvalue weighted by Crippen LogP contribution is 2.12. The second-order valence-corrected chi connectivity index (χ2v) is 4.97. The summed E-state index contributed by atoms with van der Waals surface area (Å²) in [6, 6.07) is 9.68. The molecule has 1 N–H and O–H groups in total. The van der Waals surface area contributed by atoms with E-state index in [-0.39, 0.29) is 24.7 Å². The summed E-state index contributed by atoms with van der Waals surface area (Å²) >= 11 is 0. The highest BCUT2D eigenvalue weighted by Gasteiger charge is 2.24. The highest BCUT2D eigenvalue weighted by molar-refractivity contribution is 5.86. The molecule has 2 unspecified atom stereocenters. The quantitative estimate of drug-likeness (QED) is 0.700. The van der Waals surface area contributed by atoms with Crippen LogP contribution in [0.15, 0.2) is 30.3 Å². The maximum atomic E-state index is 12.0. The lowest BCUT2D eigenvalue weighted by Crippen LogP contribution is -2.27. The predicted molar refractivity (Wildman–Crippen MR) is 77.5 cm³/mol. The maximum absolute atomic E-state index is 12.0. The van der Waals surface area contributed by atoms with Crippen molar-refractivity contribution in [1.29, 1.82) is 0 Å². The van der Waals surface area contributed by atoms with Gasteiger partial charge in [0.05, 0.1) is 32.8 Å². The first-order valence-corrected chi connectivity index (χ1v) is 6.91. The zero-order chi connectivity index (χ0) is 15.7. The lowest BCUT2D eigenvalue weighted by molar-refractivity contribution is -0.149. The third-order valence-electron chi connectivity index (χ3n) is 3.23. The Labute approximate surface area is 124 Å². The van der Waals surface area contributed by atoms with Gasteiger partial charge in [0, 0.05) is 12.3 Å². The molecule has 0 radical (unpaired) electrons. The molecule has 116 valence electrons. The Kier molecular flexibility index (Phi) is 7.64. The number of ether oxygens (including phenoxy) is 2. The predicted octanol–water partition coefficient (Wildman–Crippen LogP) is 1.58. The van der Waals surface area contributed by atoms with E-state index in [1.54, 1.807) is 6.92 Å². The van der Waals surface area contributed by atoms with Crippen LogP contribution in [0.1, 0.15) is 18.9 Å². The molecule has 0 heterocycles. The fourth-order valence-electron chi connectivity index (χ4n) is 1.85. The van der Waals surface area contributed by atoms with Gasteiger partial charge >= 0.3 is 5.97 Å². The van der Waals surface area contributed by atoms with E-state index in [2.05, 4.69) is 4.74 Å². The summed E-state index contributed by atoms with van der Waals surface area (Å²) in [4.78, 5) is 23.3. The van der Waals surface area contributed by atoms with Crippen molar-refractivity contribution in [2.24, 2.45) is 11.8 Å². The molecule has 0 bridgehead atoms. The van der Waals surface area contributed by atoms with Gasteiger partial charge in [-0.25, -0.2) is 0 Å². The van der Waals surface area contributed by atoms with Crippen molar-refractivity contribution >= 4 is 11.8 Å². The SMILES string of the molecule is COC(=O)C(CO)CC(=O)C(C)COCc1ccccc1. The summed E-state index contributed by atoms with van der Waals surface area (Å²) in [7, 11) is 1.24. The molecule has 0 aliphatic heterocycles. The van der Waals surface area contributed by atoms with Gasteiger partial charge in [-0.3, -0.25) is 9.59 Å². The van der Waals surface area contributed by atoms with E-state index in [1.165, 1.54) is 7.11 Å². The van der Waals surface area contributed by atoms with Crippen LogP contribution in [0.25, 0.3) is 0 Å². The number of hydrogen-bond acceptors (Lipinski definition) is 5. The number of esters is 1. The number of ketones is 1. The average Bonchev–Trinajstić information content (AvgIpc) is 2.52. The van der Waals surface area contributed by atoms with Gasteiger partial charge in [0.1, 0.15) is 5.78 Å². The first-order valence-electron chi connectivity index (χ1n) is 6.91. The van der Waals surface area contributed by atoms with Crippen molar-refractivity contribution in [3.05, 3.63) is 35.9 Å². The molecule has 1 rings (SSSR count). The normalized spacial score (nSPS) is 13.5. The van der Waals surface area contributed by atoms with Gasteiger partial charge in [0.15, 0.2) is 0 Å². The number of benzene rings is 1. The minimum absolute atomic E-state index is 0.0287. The first-order chi connectivity index (χ1) is 10.1. The van der Waals surface area contributed by atoms with Crippen LogP contribution in [-0.4, -0.2) is 37.2 Å². The molecular weight excluding hydrogens is 272 g/mol. The van der Waals surface area contributed by atoms with Crippen molar-refractivity contribution in [1.82, 2.24) is 0 Å². The monoisotopic (exact) mass is 294 g/mol. The maximum Gasteiger partial charge on any atom is 0.311 e. The van der Waals surface area contributed by atoms with Gasteiger partial charge < -0.3 is 14.6 Å². The van der Waals surface area contributed by atoms with Crippen molar-refractivity contribution < 1.29 is 24.2 Å². The van der Waals surface area contributed by atoms with Crippen LogP contribution >= 0.6 is 0 Å². The molecule has 0 fully saturated rings. The topological polar surface area (TPSA) is 72.8 Å². The van der Waals surface area contributed by atoms with Crippen LogP contribution < -0.4 is 0 Å². The zero-order valence-corrected chi connectivity index (χ0v) is 12.5. The van der Waals surface area contributed by atoms with Crippen molar-refractivity contribution in [3.63, 3.8) is 0 Å². The van der Waals surface area contributed by atoms with Crippen LogP contribution in [-0.2, 0) is 25.7 Å². The number of hydrogen-bond donors (Lipinski definition) is 1. The summed E-state index contributed by atoms with van der Waals surface area (Å²) in [5.41, 5.74) is 1.04. The molecule has 21 heavy (non-hydrogen) atoms. The number of Topliss-reactive ketones (excluding diaryl/α,β-unsaturated/α-hetero) is 1. The lowest BCUT2D eigenvalue weighted by atomic mass is 9.96. The molecule has 0 saturated heterocycles. The fraction of sp³-hybridized carbons (Fsp3) is 0.500. The van der Waals surface area contributed by atoms with Crippen LogP contribution in [0.5, 0.6) is 0 Å². The van der Waals surface area contributed by atoms with Crippen molar-refractivity contribution in [2.75, 3.05) is 20.3 Å². The Hall–Kier alpha value is -1.72. The molecule has 0 aliphatic carbocycles. The molecule has 0 aliphatic rings. The van der Waals surface area contributed by atoms with Gasteiger partial charge in [0.2, 0.25) is 0 Å². The van der Waals surface area contributed by atoms with Gasteiger partial charge in [-0.15, -0.1) is 0 Å². The van der Waals surface area contributed by atoms with Crippen LogP contribution in [0.3, 0.4) is 0 Å². The van der Waals surface area contributed by atoms with Crippen LogP contribution in [0.4, 0.5) is 0 Å². The third-order valence-corrected chi connectivity index (χ3v) is 3.23. The van der Waals surface area contributed by atoms with Gasteiger partial charge in [-0.05, 0) is 5.56 Å². The van der Waals surface area contributed by atoms with Crippen molar-refractivity contribution in [3.8, 4) is 0 Å². The lowest BCUT2D eigenvalue weighted by Gasteiger charge is -2.15. The Morgan fingerprint density at radius 1 is 1.24 bits per heavy atom. The second kappa shape index (κ2) is 9.26.